The highest BCUT2D eigenvalue weighted by Crippen LogP contribution is 2.12. The molecule has 0 spiro atoms. The van der Waals surface area contributed by atoms with E-state index < -0.39 is 12.8 Å². The van der Waals surface area contributed by atoms with Gasteiger partial charge in [0, 0.05) is 12.5 Å². The summed E-state index contributed by atoms with van der Waals surface area (Å²) in [6.45, 7) is 1.08. The zero-order valence-corrected chi connectivity index (χ0v) is 5.31. The van der Waals surface area contributed by atoms with E-state index >= 15 is 0 Å². The third-order valence-electron chi connectivity index (χ3n) is 1.80. The molecule has 0 aliphatic carbocycles. The Morgan fingerprint density at radius 2 is 2.56 bits per heavy atom. The molecular weight excluding hydrogens is 121 g/mol. The van der Waals surface area contributed by atoms with Crippen LogP contribution in [-0.4, -0.2) is 31.0 Å². The lowest BCUT2D eigenvalue weighted by molar-refractivity contribution is 0.0890. The molecule has 1 rings (SSSR count). The summed E-state index contributed by atoms with van der Waals surface area (Å²) < 4.78 is 11.8. The van der Waals surface area contributed by atoms with Gasteiger partial charge in [0.1, 0.15) is 6.67 Å². The smallest absolute Gasteiger partial charge is 0.116 e. The zero-order valence-electron chi connectivity index (χ0n) is 5.31. The first-order valence-corrected chi connectivity index (χ1v) is 3.29. The molecule has 1 fully saturated rings. The van der Waals surface area contributed by atoms with Crippen molar-refractivity contribution in [3.05, 3.63) is 0 Å². The van der Waals surface area contributed by atoms with Crippen LogP contribution in [0.2, 0.25) is 0 Å². The van der Waals surface area contributed by atoms with E-state index in [1.165, 1.54) is 0 Å². The van der Waals surface area contributed by atoms with Crippen molar-refractivity contribution in [2.24, 2.45) is 5.92 Å². The summed E-state index contributed by atoms with van der Waals surface area (Å²) in [5, 5.41) is 12.0. The minimum absolute atomic E-state index is 0.148. The van der Waals surface area contributed by atoms with Crippen LogP contribution < -0.4 is 5.32 Å². The highest BCUT2D eigenvalue weighted by atomic mass is 19.1. The van der Waals surface area contributed by atoms with E-state index in [0.717, 1.165) is 19.5 Å². The fourth-order valence-electron chi connectivity index (χ4n) is 1.13. The first kappa shape index (κ1) is 6.96. The fraction of sp³-hybridized carbons (Fsp3) is 1.00. The largest absolute Gasteiger partial charge is 0.390 e. The average Bonchev–Trinajstić information content (AvgIpc) is 2.37. The van der Waals surface area contributed by atoms with Gasteiger partial charge in [0.05, 0.1) is 6.10 Å². The van der Waals surface area contributed by atoms with Crippen molar-refractivity contribution < 1.29 is 9.50 Å². The first-order chi connectivity index (χ1) is 4.34. The number of halogens is 1. The van der Waals surface area contributed by atoms with Crippen LogP contribution in [0.5, 0.6) is 0 Å². The fourth-order valence-corrected chi connectivity index (χ4v) is 1.13. The van der Waals surface area contributed by atoms with Crippen molar-refractivity contribution in [2.75, 3.05) is 19.8 Å². The van der Waals surface area contributed by atoms with Gasteiger partial charge in [-0.15, -0.1) is 0 Å². The standard InChI is InChI=1S/C6H12FNO/c7-3-6(9)5-1-2-8-4-5/h5-6,8-9H,1-4H2. The molecule has 1 aliphatic heterocycles. The first-order valence-electron chi connectivity index (χ1n) is 3.29. The van der Waals surface area contributed by atoms with E-state index in [2.05, 4.69) is 5.32 Å². The van der Waals surface area contributed by atoms with E-state index in [9.17, 15) is 4.39 Å². The predicted octanol–water partition coefficient (Wildman–Crippen LogP) is -0.0737. The Bertz CT molecular complexity index is 83.1. The summed E-state index contributed by atoms with van der Waals surface area (Å²) in [5.74, 6) is 0.148. The lowest BCUT2D eigenvalue weighted by atomic mass is 10.0. The van der Waals surface area contributed by atoms with Gasteiger partial charge in [-0.1, -0.05) is 0 Å². The van der Waals surface area contributed by atoms with E-state index in [0.29, 0.717) is 0 Å². The SMILES string of the molecule is OC(CF)C1CCNC1. The maximum absolute atomic E-state index is 11.8. The minimum atomic E-state index is -0.736. The van der Waals surface area contributed by atoms with Crippen LogP contribution in [-0.2, 0) is 0 Å². The monoisotopic (exact) mass is 133 g/mol. The molecule has 2 N–H and O–H groups in total. The Balaban J connectivity index is 2.24. The number of aliphatic hydroxyl groups is 1. The van der Waals surface area contributed by atoms with Crippen molar-refractivity contribution in [2.45, 2.75) is 12.5 Å². The van der Waals surface area contributed by atoms with Gasteiger partial charge < -0.3 is 10.4 Å². The second kappa shape index (κ2) is 3.13. The molecule has 2 nitrogen and oxygen atoms in total. The number of rotatable bonds is 2. The summed E-state index contributed by atoms with van der Waals surface area (Å²) in [7, 11) is 0. The van der Waals surface area contributed by atoms with Crippen LogP contribution in [0.3, 0.4) is 0 Å². The second-order valence-electron chi connectivity index (χ2n) is 2.47. The van der Waals surface area contributed by atoms with Crippen molar-refractivity contribution in [1.82, 2.24) is 5.32 Å². The maximum Gasteiger partial charge on any atom is 0.116 e. The van der Waals surface area contributed by atoms with Crippen LogP contribution in [0, 0.1) is 5.92 Å². The molecule has 0 radical (unpaired) electrons. The summed E-state index contributed by atoms with van der Waals surface area (Å²) >= 11 is 0. The molecule has 9 heavy (non-hydrogen) atoms. The molecule has 0 aromatic rings. The summed E-state index contributed by atoms with van der Waals surface area (Å²) in [6, 6.07) is 0. The third-order valence-corrected chi connectivity index (χ3v) is 1.80. The summed E-state index contributed by atoms with van der Waals surface area (Å²) in [6.07, 6.45) is 0.172. The highest BCUT2D eigenvalue weighted by molar-refractivity contribution is 4.76. The summed E-state index contributed by atoms with van der Waals surface area (Å²) in [5.41, 5.74) is 0. The van der Waals surface area contributed by atoms with E-state index in [1.807, 2.05) is 0 Å². The van der Waals surface area contributed by atoms with E-state index in [-0.39, 0.29) is 5.92 Å². The minimum Gasteiger partial charge on any atom is -0.390 e. The molecule has 2 atom stereocenters. The maximum atomic E-state index is 11.8. The molecule has 1 saturated heterocycles. The number of nitrogens with one attached hydrogen (secondary N) is 1. The molecule has 54 valence electrons. The molecule has 0 amide bonds. The second-order valence-corrected chi connectivity index (χ2v) is 2.47. The number of hydrogen-bond acceptors (Lipinski definition) is 2. The lowest BCUT2D eigenvalue weighted by Gasteiger charge is -2.11. The van der Waals surface area contributed by atoms with Gasteiger partial charge in [-0.25, -0.2) is 4.39 Å². The molecule has 2 unspecified atom stereocenters. The van der Waals surface area contributed by atoms with Gasteiger partial charge in [-0.05, 0) is 13.0 Å². The van der Waals surface area contributed by atoms with Crippen LogP contribution in [0.15, 0.2) is 0 Å². The molecule has 0 bridgehead atoms. The predicted molar refractivity (Wildman–Crippen MR) is 33.0 cm³/mol. The molecule has 0 aromatic carbocycles. The molecule has 3 heteroatoms. The zero-order chi connectivity index (χ0) is 6.69. The van der Waals surface area contributed by atoms with Crippen LogP contribution in [0.1, 0.15) is 6.42 Å². The Morgan fingerprint density at radius 1 is 1.78 bits per heavy atom. The van der Waals surface area contributed by atoms with E-state index in [4.69, 9.17) is 5.11 Å². The normalized spacial score (nSPS) is 30.7. The Labute approximate surface area is 54.1 Å². The molecule has 0 aromatic heterocycles. The number of hydrogen-bond donors (Lipinski definition) is 2. The van der Waals surface area contributed by atoms with Crippen LogP contribution in [0.25, 0.3) is 0 Å². The molecular formula is C6H12FNO. The Kier molecular flexibility index (Phi) is 2.42. The van der Waals surface area contributed by atoms with Crippen molar-refractivity contribution in [3.63, 3.8) is 0 Å². The average molecular weight is 133 g/mol. The highest BCUT2D eigenvalue weighted by Gasteiger charge is 2.22. The number of aliphatic hydroxyl groups excluding tert-OH is 1. The third kappa shape index (κ3) is 1.63. The molecule has 1 aliphatic rings. The van der Waals surface area contributed by atoms with Gasteiger partial charge in [-0.2, -0.15) is 0 Å². The van der Waals surface area contributed by atoms with Gasteiger partial charge in [0.15, 0.2) is 0 Å². The van der Waals surface area contributed by atoms with Crippen LogP contribution >= 0.6 is 0 Å². The van der Waals surface area contributed by atoms with Gasteiger partial charge in [0.25, 0.3) is 0 Å². The quantitative estimate of drug-likeness (QED) is 0.552. The summed E-state index contributed by atoms with van der Waals surface area (Å²) in [4.78, 5) is 0. The Hall–Kier alpha value is -0.150. The topological polar surface area (TPSA) is 32.3 Å². The molecule has 1 heterocycles. The van der Waals surface area contributed by atoms with Gasteiger partial charge in [-0.3, -0.25) is 0 Å². The lowest BCUT2D eigenvalue weighted by Crippen LogP contribution is -2.24. The van der Waals surface area contributed by atoms with Gasteiger partial charge >= 0.3 is 0 Å². The Morgan fingerprint density at radius 3 is 3.00 bits per heavy atom. The molecule has 0 saturated carbocycles. The van der Waals surface area contributed by atoms with E-state index in [1.54, 1.807) is 0 Å². The number of alkyl halides is 1. The van der Waals surface area contributed by atoms with Crippen molar-refractivity contribution in [3.8, 4) is 0 Å². The van der Waals surface area contributed by atoms with Crippen molar-refractivity contribution >= 4 is 0 Å². The van der Waals surface area contributed by atoms with Gasteiger partial charge in [0.2, 0.25) is 0 Å². The van der Waals surface area contributed by atoms with Crippen LogP contribution in [0.4, 0.5) is 4.39 Å². The van der Waals surface area contributed by atoms with Crippen molar-refractivity contribution in [1.29, 1.82) is 0 Å².